The molecule has 4 amide bonds. The molecule has 2 aliphatic rings. The largest absolute Gasteiger partial charge is 0.444 e. The van der Waals surface area contributed by atoms with Crippen LogP contribution >= 0.6 is 0 Å². The van der Waals surface area contributed by atoms with Crippen molar-refractivity contribution in [3.8, 4) is 0 Å². The molecule has 10 heteroatoms. The number of aromatic nitrogens is 1. The molecule has 0 unspecified atom stereocenters. The van der Waals surface area contributed by atoms with E-state index in [0.717, 1.165) is 29.7 Å². The molecule has 1 aromatic heterocycles. The van der Waals surface area contributed by atoms with E-state index in [2.05, 4.69) is 27.9 Å². The minimum absolute atomic E-state index is 0.00333. The Balaban J connectivity index is 1.46. The van der Waals surface area contributed by atoms with E-state index in [0.29, 0.717) is 36.5 Å². The van der Waals surface area contributed by atoms with E-state index in [1.165, 1.54) is 6.20 Å². The van der Waals surface area contributed by atoms with Crippen LogP contribution in [-0.4, -0.2) is 45.8 Å². The number of anilines is 3. The Bertz CT molecular complexity index is 1270. The first kappa shape index (κ1) is 27.1. The second-order valence-electron chi connectivity index (χ2n) is 11.1. The molecule has 1 aromatic carbocycles. The molecule has 4 rings (SSSR count). The minimum Gasteiger partial charge on any atom is -0.444 e. The standard InChI is InChI=1S/C28H35N5O5/c1-16-6-10-22(19-7-9-21-18(13-19)8-11-23(34)31-21)33(15-16)26(36)25(35)30-20-12-17(2)24(29-14-20)32-27(37)38-28(3,4)5/h7,9,12-14,16,22H,6,8,10-11,15H2,1-5H3,(H,30,35)(H,31,34)(H,29,32,37)/t16-,22+/m0/s1. The molecule has 202 valence electrons. The highest BCUT2D eigenvalue weighted by Gasteiger charge is 2.35. The van der Waals surface area contributed by atoms with E-state index in [9.17, 15) is 19.2 Å². The van der Waals surface area contributed by atoms with E-state index in [1.54, 1.807) is 38.7 Å². The van der Waals surface area contributed by atoms with Crippen LogP contribution in [0, 0.1) is 12.8 Å². The van der Waals surface area contributed by atoms with Gasteiger partial charge in [0, 0.05) is 18.7 Å². The van der Waals surface area contributed by atoms with Crippen molar-refractivity contribution in [1.29, 1.82) is 0 Å². The third kappa shape index (κ3) is 6.48. The zero-order chi connectivity index (χ0) is 27.6. The van der Waals surface area contributed by atoms with Gasteiger partial charge in [-0.2, -0.15) is 0 Å². The zero-order valence-electron chi connectivity index (χ0n) is 22.5. The number of likely N-dealkylation sites (tertiary alicyclic amines) is 1. The number of carbonyl (C=O) groups excluding carboxylic acids is 4. The molecular formula is C28H35N5O5. The molecule has 2 aliphatic heterocycles. The topological polar surface area (TPSA) is 130 Å². The van der Waals surface area contributed by atoms with Crippen molar-refractivity contribution in [2.24, 2.45) is 5.92 Å². The van der Waals surface area contributed by atoms with Crippen LogP contribution in [0.4, 0.5) is 22.0 Å². The molecular weight excluding hydrogens is 486 g/mol. The summed E-state index contributed by atoms with van der Waals surface area (Å²) in [4.78, 5) is 56.0. The number of nitrogens with zero attached hydrogens (tertiary/aromatic N) is 2. The van der Waals surface area contributed by atoms with Crippen molar-refractivity contribution in [2.75, 3.05) is 22.5 Å². The van der Waals surface area contributed by atoms with Crippen molar-refractivity contribution >= 4 is 41.0 Å². The quantitative estimate of drug-likeness (QED) is 0.508. The van der Waals surface area contributed by atoms with Crippen LogP contribution in [0.25, 0.3) is 0 Å². The zero-order valence-corrected chi connectivity index (χ0v) is 22.5. The van der Waals surface area contributed by atoms with Gasteiger partial charge in [-0.25, -0.2) is 9.78 Å². The molecule has 0 saturated carbocycles. The molecule has 38 heavy (non-hydrogen) atoms. The Labute approximate surface area is 222 Å². The smallest absolute Gasteiger partial charge is 0.413 e. The van der Waals surface area contributed by atoms with E-state index in [4.69, 9.17) is 4.74 Å². The van der Waals surface area contributed by atoms with Gasteiger partial charge in [-0.3, -0.25) is 19.7 Å². The Morgan fingerprint density at radius 2 is 1.87 bits per heavy atom. The van der Waals surface area contributed by atoms with Crippen LogP contribution in [-0.2, 0) is 25.5 Å². The molecule has 3 heterocycles. The van der Waals surface area contributed by atoms with Gasteiger partial charge in [0.2, 0.25) is 5.91 Å². The Kier molecular flexibility index (Phi) is 7.71. The maximum absolute atomic E-state index is 13.4. The molecule has 2 aromatic rings. The number of piperidine rings is 1. The van der Waals surface area contributed by atoms with Crippen LogP contribution in [0.2, 0.25) is 0 Å². The lowest BCUT2D eigenvalue weighted by Gasteiger charge is -2.39. The number of hydrogen-bond donors (Lipinski definition) is 3. The van der Waals surface area contributed by atoms with Gasteiger partial charge >= 0.3 is 17.9 Å². The van der Waals surface area contributed by atoms with Gasteiger partial charge in [0.15, 0.2) is 0 Å². The van der Waals surface area contributed by atoms with Crippen LogP contribution in [0.1, 0.15) is 69.7 Å². The lowest BCUT2D eigenvalue weighted by Crippen LogP contribution is -2.46. The molecule has 0 spiro atoms. The highest BCUT2D eigenvalue weighted by molar-refractivity contribution is 6.39. The molecule has 1 saturated heterocycles. The van der Waals surface area contributed by atoms with Gasteiger partial charge in [-0.05, 0) is 81.7 Å². The predicted octanol–water partition coefficient (Wildman–Crippen LogP) is 4.56. The number of rotatable bonds is 3. The number of benzene rings is 1. The number of nitrogens with one attached hydrogen (secondary N) is 3. The maximum atomic E-state index is 13.4. The van der Waals surface area contributed by atoms with Gasteiger partial charge in [0.1, 0.15) is 11.4 Å². The second-order valence-corrected chi connectivity index (χ2v) is 11.1. The van der Waals surface area contributed by atoms with Gasteiger partial charge < -0.3 is 20.3 Å². The van der Waals surface area contributed by atoms with Crippen molar-refractivity contribution in [1.82, 2.24) is 9.88 Å². The summed E-state index contributed by atoms with van der Waals surface area (Å²) >= 11 is 0. The number of ether oxygens (including phenoxy) is 1. The van der Waals surface area contributed by atoms with Crippen molar-refractivity contribution in [3.63, 3.8) is 0 Å². The van der Waals surface area contributed by atoms with Crippen LogP contribution in [0.3, 0.4) is 0 Å². The number of fused-ring (bicyclic) bond motifs is 1. The summed E-state index contributed by atoms with van der Waals surface area (Å²) in [5, 5.41) is 8.13. The first-order chi connectivity index (χ1) is 17.9. The molecule has 0 radical (unpaired) electrons. The molecule has 3 N–H and O–H groups in total. The first-order valence-electron chi connectivity index (χ1n) is 12.9. The average Bonchev–Trinajstić information content (AvgIpc) is 2.83. The number of amides is 4. The van der Waals surface area contributed by atoms with E-state index < -0.39 is 23.5 Å². The lowest BCUT2D eigenvalue weighted by molar-refractivity contribution is -0.146. The Hall–Kier alpha value is -3.95. The monoisotopic (exact) mass is 521 g/mol. The van der Waals surface area contributed by atoms with Gasteiger partial charge in [0.25, 0.3) is 0 Å². The highest BCUT2D eigenvalue weighted by Crippen LogP contribution is 2.36. The number of pyridine rings is 1. The average molecular weight is 522 g/mol. The lowest BCUT2D eigenvalue weighted by atomic mass is 9.88. The van der Waals surface area contributed by atoms with Gasteiger partial charge in [-0.15, -0.1) is 0 Å². The molecule has 1 fully saturated rings. The Morgan fingerprint density at radius 3 is 2.58 bits per heavy atom. The summed E-state index contributed by atoms with van der Waals surface area (Å²) in [6.45, 7) is 9.57. The molecule has 10 nitrogen and oxygen atoms in total. The van der Waals surface area contributed by atoms with Crippen molar-refractivity contribution < 1.29 is 23.9 Å². The van der Waals surface area contributed by atoms with E-state index in [-0.39, 0.29) is 17.9 Å². The highest BCUT2D eigenvalue weighted by atomic mass is 16.6. The van der Waals surface area contributed by atoms with Crippen molar-refractivity contribution in [3.05, 3.63) is 47.2 Å². The Morgan fingerprint density at radius 1 is 1.11 bits per heavy atom. The van der Waals surface area contributed by atoms with E-state index >= 15 is 0 Å². The third-order valence-corrected chi connectivity index (χ3v) is 6.64. The fourth-order valence-electron chi connectivity index (χ4n) is 4.82. The number of carbonyl (C=O) groups is 4. The summed E-state index contributed by atoms with van der Waals surface area (Å²) in [6.07, 6.45) is 3.53. The minimum atomic E-state index is -0.747. The maximum Gasteiger partial charge on any atom is 0.413 e. The van der Waals surface area contributed by atoms with Crippen LogP contribution in [0.15, 0.2) is 30.5 Å². The third-order valence-electron chi connectivity index (χ3n) is 6.64. The summed E-state index contributed by atoms with van der Waals surface area (Å²) in [6, 6.07) is 7.25. The summed E-state index contributed by atoms with van der Waals surface area (Å²) in [5.74, 6) is -0.785. The van der Waals surface area contributed by atoms with E-state index in [1.807, 2.05) is 18.2 Å². The van der Waals surface area contributed by atoms with Gasteiger partial charge in [-0.1, -0.05) is 19.1 Å². The number of aryl methyl sites for hydroxylation is 2. The van der Waals surface area contributed by atoms with Crippen LogP contribution < -0.4 is 16.0 Å². The summed E-state index contributed by atoms with van der Waals surface area (Å²) in [7, 11) is 0. The van der Waals surface area contributed by atoms with Crippen LogP contribution in [0.5, 0.6) is 0 Å². The molecule has 0 bridgehead atoms. The molecule has 0 aliphatic carbocycles. The van der Waals surface area contributed by atoms with Crippen molar-refractivity contribution in [2.45, 2.75) is 71.9 Å². The first-order valence-corrected chi connectivity index (χ1v) is 12.9. The SMILES string of the molecule is Cc1cc(NC(=O)C(=O)N2C[C@@H](C)CC[C@@H]2c2ccc3c(c2)CCC(=O)N3)cnc1NC(=O)OC(C)(C)C. The normalized spacial score (nSPS) is 19.2. The summed E-state index contributed by atoms with van der Waals surface area (Å²) in [5.41, 5.74) is 3.11. The second kappa shape index (κ2) is 10.8. The van der Waals surface area contributed by atoms with Gasteiger partial charge in [0.05, 0.1) is 17.9 Å². The predicted molar refractivity (Wildman–Crippen MR) is 144 cm³/mol. The molecule has 2 atom stereocenters. The fourth-order valence-corrected chi connectivity index (χ4v) is 4.82. The fraction of sp³-hybridized carbons (Fsp3) is 0.464. The number of hydrogen-bond acceptors (Lipinski definition) is 6. The summed E-state index contributed by atoms with van der Waals surface area (Å²) < 4.78 is 5.25.